The Morgan fingerprint density at radius 2 is 1.58 bits per heavy atom. The zero-order valence-corrected chi connectivity index (χ0v) is 27.8. The van der Waals surface area contributed by atoms with E-state index in [0.29, 0.717) is 12.0 Å². The number of phenols is 1. The zero-order chi connectivity index (χ0) is 38.9. The lowest BCUT2D eigenvalue weighted by molar-refractivity contribution is -0.189. The van der Waals surface area contributed by atoms with Gasteiger partial charge in [0, 0.05) is 18.0 Å². The van der Waals surface area contributed by atoms with E-state index in [1.807, 2.05) is 0 Å². The third kappa shape index (κ3) is 7.09. The molecule has 0 unspecified atom stereocenters. The Morgan fingerprint density at radius 3 is 2.15 bits per heavy atom. The number of aromatic hydroxyl groups is 1. The van der Waals surface area contributed by atoms with Gasteiger partial charge in [0.1, 0.15) is 5.76 Å². The van der Waals surface area contributed by atoms with Crippen molar-refractivity contribution in [3.8, 4) is 11.5 Å². The van der Waals surface area contributed by atoms with E-state index in [4.69, 9.17) is 34.3 Å². The van der Waals surface area contributed by atoms with Crippen molar-refractivity contribution in [2.24, 2.45) is 0 Å². The van der Waals surface area contributed by atoms with Gasteiger partial charge < -0.3 is 64.7 Å². The maximum atomic E-state index is 13.4. The maximum Gasteiger partial charge on any atom is 0.348 e. The lowest BCUT2D eigenvalue weighted by Gasteiger charge is -2.56. The van der Waals surface area contributed by atoms with Gasteiger partial charge in [-0.1, -0.05) is 13.0 Å². The van der Waals surface area contributed by atoms with E-state index in [9.17, 15) is 54.0 Å². The smallest absolute Gasteiger partial charge is 0.348 e. The third-order valence-electron chi connectivity index (χ3n) is 9.32. The van der Waals surface area contributed by atoms with Gasteiger partial charge in [0.25, 0.3) is 0 Å². The van der Waals surface area contributed by atoms with Gasteiger partial charge in [-0.05, 0) is 44.5 Å². The minimum absolute atomic E-state index is 0.0666. The molecule has 0 fully saturated rings. The molecule has 52 heavy (non-hydrogen) atoms. The Morgan fingerprint density at radius 1 is 0.923 bits per heavy atom. The standard InChI is InChI=1S/C32H37NO19/c1-4-31-21-13-5-6-14(34)24(21)52-25(31)15(7-8-32(31,47)18(9-13)33-3)49-20(37)11-17(51-30(46)23(39)22(38)27(42)43)29(45)48-12(2)28(44)50-16(26(40)41)10-19(35)36/h5-7,12,16-18,22-23,25,33-34,38-39,47H,4,8-11H2,1-3H3,(H,35,36)(H,40,41)(H,42,43)/t12-,16+,17-,18+,22+,23+,25-,31-,32+/m0/s1. The van der Waals surface area contributed by atoms with Crippen LogP contribution in [0.15, 0.2) is 24.0 Å². The van der Waals surface area contributed by atoms with Crippen LogP contribution in [0, 0.1) is 0 Å². The number of nitrogens with one attached hydrogen (secondary N) is 1. The summed E-state index contributed by atoms with van der Waals surface area (Å²) in [5.41, 5.74) is -1.50. The van der Waals surface area contributed by atoms with Gasteiger partial charge in [-0.25, -0.2) is 24.0 Å². The van der Waals surface area contributed by atoms with E-state index in [0.717, 1.165) is 12.5 Å². The Labute approximate surface area is 293 Å². The minimum atomic E-state index is -2.78. The average molecular weight is 740 g/mol. The molecular weight excluding hydrogens is 702 g/mol. The number of carboxylic acid groups (broad SMARTS) is 3. The van der Waals surface area contributed by atoms with Gasteiger partial charge in [0.2, 0.25) is 12.2 Å². The normalized spacial score (nSPS) is 25.4. The number of hydrogen-bond donors (Lipinski definition) is 8. The van der Waals surface area contributed by atoms with Crippen LogP contribution in [-0.4, -0.2) is 133 Å². The molecular formula is C32H37NO19. The summed E-state index contributed by atoms with van der Waals surface area (Å²) in [6, 6.07) is 2.60. The van der Waals surface area contributed by atoms with Crippen LogP contribution < -0.4 is 10.1 Å². The fourth-order valence-electron chi connectivity index (χ4n) is 6.82. The molecule has 0 saturated carbocycles. The topological polar surface area (TPSA) is 319 Å². The van der Waals surface area contributed by atoms with Crippen LogP contribution in [-0.2, 0) is 64.3 Å². The highest BCUT2D eigenvalue weighted by molar-refractivity contribution is 5.90. The number of aliphatic carboxylic acids is 3. The first kappa shape index (κ1) is 39.5. The molecule has 1 aliphatic heterocycles. The highest BCUT2D eigenvalue weighted by atomic mass is 16.6. The number of phenolic OH excluding ortho intramolecular Hbond substituents is 1. The molecule has 9 atom stereocenters. The summed E-state index contributed by atoms with van der Waals surface area (Å²) < 4.78 is 25.9. The molecule has 0 radical (unpaired) electrons. The van der Waals surface area contributed by atoms with Crippen molar-refractivity contribution in [3.05, 3.63) is 35.1 Å². The van der Waals surface area contributed by atoms with Gasteiger partial charge >= 0.3 is 41.8 Å². The number of aliphatic hydroxyl groups excluding tert-OH is 2. The summed E-state index contributed by atoms with van der Waals surface area (Å²) in [6.07, 6.45) is -13.8. The Bertz CT molecular complexity index is 1690. The first-order valence-electron chi connectivity index (χ1n) is 15.8. The monoisotopic (exact) mass is 739 g/mol. The number of carbonyl (C=O) groups is 7. The van der Waals surface area contributed by atoms with E-state index in [1.165, 1.54) is 12.1 Å². The fourth-order valence-corrected chi connectivity index (χ4v) is 6.82. The van der Waals surface area contributed by atoms with E-state index < -0.39 is 108 Å². The SMILES string of the molecule is CC[C@]12c3c4ccc(O)c3O[C@H]1C(OC(=O)C[C@H](OC(=O)[C@H](O)[C@@H](O)C(=O)O)C(=O)O[C@@H](C)C(=O)O[C@H](CC(=O)O)C(=O)O)=CC[C@@]2(O)[C@H](NC)C4. The predicted octanol–water partition coefficient (Wildman–Crippen LogP) is -1.98. The van der Waals surface area contributed by atoms with Gasteiger partial charge in [-0.2, -0.15) is 0 Å². The second-order valence-corrected chi connectivity index (χ2v) is 12.3. The summed E-state index contributed by atoms with van der Waals surface area (Å²) in [6.45, 7) is 2.63. The number of benzene rings is 1. The van der Waals surface area contributed by atoms with Crippen molar-refractivity contribution in [1.29, 1.82) is 0 Å². The summed E-state index contributed by atoms with van der Waals surface area (Å²) in [5.74, 6) is -12.4. The molecule has 20 nitrogen and oxygen atoms in total. The molecule has 1 aromatic carbocycles. The van der Waals surface area contributed by atoms with Crippen LogP contribution in [0.4, 0.5) is 0 Å². The Balaban J connectivity index is 1.59. The minimum Gasteiger partial charge on any atom is -0.504 e. The van der Waals surface area contributed by atoms with Crippen molar-refractivity contribution >= 4 is 41.8 Å². The highest BCUT2D eigenvalue weighted by Crippen LogP contribution is 2.63. The van der Waals surface area contributed by atoms with Crippen LogP contribution in [0.3, 0.4) is 0 Å². The molecule has 2 aliphatic carbocycles. The molecule has 0 aromatic heterocycles. The first-order chi connectivity index (χ1) is 24.3. The molecule has 4 rings (SSSR count). The van der Waals surface area contributed by atoms with E-state index in [-0.39, 0.29) is 30.1 Å². The van der Waals surface area contributed by atoms with Crippen LogP contribution in [0.1, 0.15) is 50.7 Å². The molecule has 20 heteroatoms. The number of carboxylic acids is 3. The van der Waals surface area contributed by atoms with Crippen LogP contribution in [0.5, 0.6) is 11.5 Å². The molecule has 1 heterocycles. The largest absolute Gasteiger partial charge is 0.504 e. The molecule has 0 bridgehead atoms. The van der Waals surface area contributed by atoms with Crippen LogP contribution in [0.25, 0.3) is 0 Å². The number of aliphatic hydroxyl groups is 3. The number of carbonyl (C=O) groups excluding carboxylic acids is 4. The van der Waals surface area contributed by atoms with Gasteiger partial charge in [-0.3, -0.25) is 9.59 Å². The quantitative estimate of drug-likeness (QED) is 0.0672. The zero-order valence-electron chi connectivity index (χ0n) is 27.8. The molecule has 1 aromatic rings. The number of likely N-dealkylation sites (N-methyl/N-ethyl adjacent to an activating group) is 1. The van der Waals surface area contributed by atoms with Gasteiger partial charge in [0.05, 0.1) is 23.9 Å². The third-order valence-corrected chi connectivity index (χ3v) is 9.32. The molecule has 0 saturated heterocycles. The van der Waals surface area contributed by atoms with Gasteiger partial charge in [-0.15, -0.1) is 0 Å². The second kappa shape index (κ2) is 15.1. The summed E-state index contributed by atoms with van der Waals surface area (Å²) in [5, 5.41) is 72.4. The lowest BCUT2D eigenvalue weighted by Crippen LogP contribution is -2.70. The maximum absolute atomic E-state index is 13.4. The number of ether oxygens (including phenoxy) is 5. The van der Waals surface area contributed by atoms with Crippen molar-refractivity contribution in [3.63, 3.8) is 0 Å². The summed E-state index contributed by atoms with van der Waals surface area (Å²) in [7, 11) is 1.66. The van der Waals surface area contributed by atoms with Crippen LogP contribution >= 0.6 is 0 Å². The van der Waals surface area contributed by atoms with Crippen molar-refractivity contribution in [2.75, 3.05) is 7.05 Å². The van der Waals surface area contributed by atoms with Crippen molar-refractivity contribution < 1.29 is 93.0 Å². The Kier molecular flexibility index (Phi) is 11.5. The molecule has 3 aliphatic rings. The predicted molar refractivity (Wildman–Crippen MR) is 164 cm³/mol. The summed E-state index contributed by atoms with van der Waals surface area (Å²) in [4.78, 5) is 84.7. The number of hydrogen-bond acceptors (Lipinski definition) is 17. The molecule has 8 N–H and O–H groups in total. The number of rotatable bonds is 16. The van der Waals surface area contributed by atoms with E-state index in [1.54, 1.807) is 20.0 Å². The molecule has 0 amide bonds. The van der Waals surface area contributed by atoms with E-state index >= 15 is 0 Å². The average Bonchev–Trinajstić information content (AvgIpc) is 3.46. The van der Waals surface area contributed by atoms with Crippen molar-refractivity contribution in [1.82, 2.24) is 5.32 Å². The Hall–Kier alpha value is -5.31. The fraction of sp³-hybridized carbons (Fsp3) is 0.531. The summed E-state index contributed by atoms with van der Waals surface area (Å²) >= 11 is 0. The van der Waals surface area contributed by atoms with Crippen LogP contribution in [0.2, 0.25) is 0 Å². The molecule has 0 spiro atoms. The highest BCUT2D eigenvalue weighted by Gasteiger charge is 2.69. The second-order valence-electron chi connectivity index (χ2n) is 12.3. The number of esters is 4. The lowest BCUT2D eigenvalue weighted by atomic mass is 9.52. The molecule has 284 valence electrons. The van der Waals surface area contributed by atoms with E-state index in [2.05, 4.69) is 10.1 Å². The van der Waals surface area contributed by atoms with Gasteiger partial charge in [0.15, 0.2) is 35.9 Å². The van der Waals surface area contributed by atoms with Crippen molar-refractivity contribution in [2.45, 2.75) is 99.6 Å². The first-order valence-corrected chi connectivity index (χ1v) is 15.8.